The summed E-state index contributed by atoms with van der Waals surface area (Å²) in [4.78, 5) is 23.7. The second-order valence-electron chi connectivity index (χ2n) is 8.95. The number of carbonyl (C=O) groups is 2. The molecule has 2 heterocycles. The minimum atomic E-state index is -5.08. The van der Waals surface area contributed by atoms with Gasteiger partial charge in [0.25, 0.3) is 0 Å². The van der Waals surface area contributed by atoms with Gasteiger partial charge < -0.3 is 19.9 Å². The van der Waals surface area contributed by atoms with Crippen LogP contribution in [0.25, 0.3) is 0 Å². The molecular weight excluding hydrogens is 441 g/mol. The Kier molecular flexibility index (Phi) is 8.23. The summed E-state index contributed by atoms with van der Waals surface area (Å²) in [6, 6.07) is 8.55. The predicted molar refractivity (Wildman–Crippen MR) is 114 cm³/mol. The Bertz CT molecular complexity index is 803. The predicted octanol–water partition coefficient (Wildman–Crippen LogP) is 3.23. The standard InChI is InChI=1S/C21H30N2O3.C2HF3O2/c1-25-18-6-2-16(3-7-18)14-23-11-8-21(9-12-23)10-13-26-15-19(21)22-20(24)17-4-5-17;3-2(4,5)1(6)7/h2-3,6-7,17,19H,4-5,8-15H2,1H3,(H,22,24);(H,6,7). The largest absolute Gasteiger partial charge is 0.497 e. The van der Waals surface area contributed by atoms with Crippen LogP contribution in [0.5, 0.6) is 5.75 Å². The molecule has 10 heteroatoms. The van der Waals surface area contributed by atoms with E-state index in [-0.39, 0.29) is 23.3 Å². The summed E-state index contributed by atoms with van der Waals surface area (Å²) in [5.74, 6) is -1.33. The molecule has 2 N–H and O–H groups in total. The first-order valence-electron chi connectivity index (χ1n) is 11.2. The molecule has 0 radical (unpaired) electrons. The molecule has 1 amide bonds. The minimum Gasteiger partial charge on any atom is -0.497 e. The van der Waals surface area contributed by atoms with Gasteiger partial charge in [-0.25, -0.2) is 4.79 Å². The second kappa shape index (κ2) is 10.7. The summed E-state index contributed by atoms with van der Waals surface area (Å²) < 4.78 is 42.7. The van der Waals surface area contributed by atoms with Crippen molar-refractivity contribution in [2.45, 2.75) is 50.9 Å². The molecule has 1 aromatic rings. The van der Waals surface area contributed by atoms with Crippen LogP contribution in [0.3, 0.4) is 0 Å². The van der Waals surface area contributed by atoms with Crippen molar-refractivity contribution in [3.05, 3.63) is 29.8 Å². The molecule has 7 nitrogen and oxygen atoms in total. The molecule has 33 heavy (non-hydrogen) atoms. The number of nitrogens with zero attached hydrogens (tertiary/aromatic N) is 1. The van der Waals surface area contributed by atoms with Gasteiger partial charge >= 0.3 is 12.1 Å². The number of carboxylic acids is 1. The van der Waals surface area contributed by atoms with Crippen molar-refractivity contribution < 1.29 is 37.3 Å². The third-order valence-electron chi connectivity index (χ3n) is 6.69. The maximum atomic E-state index is 12.3. The first-order valence-corrected chi connectivity index (χ1v) is 11.2. The molecule has 1 unspecified atom stereocenters. The lowest BCUT2D eigenvalue weighted by Crippen LogP contribution is -2.57. The summed E-state index contributed by atoms with van der Waals surface area (Å²) in [7, 11) is 1.70. The molecule has 1 atom stereocenters. The third kappa shape index (κ3) is 7.07. The highest BCUT2D eigenvalue weighted by atomic mass is 19.4. The van der Waals surface area contributed by atoms with E-state index in [0.29, 0.717) is 6.61 Å². The van der Waals surface area contributed by atoms with Crippen LogP contribution in [-0.2, 0) is 20.9 Å². The molecule has 4 rings (SSSR count). The van der Waals surface area contributed by atoms with Gasteiger partial charge in [-0.05, 0) is 68.3 Å². The number of piperidine rings is 1. The molecular formula is C23H31F3N2O5. The first kappa shape index (κ1) is 25.3. The molecule has 2 saturated heterocycles. The summed E-state index contributed by atoms with van der Waals surface area (Å²) in [6.45, 7) is 4.66. The van der Waals surface area contributed by atoms with Crippen LogP contribution in [0, 0.1) is 11.3 Å². The van der Waals surface area contributed by atoms with E-state index in [1.807, 2.05) is 12.1 Å². The Morgan fingerprint density at radius 1 is 1.18 bits per heavy atom. The van der Waals surface area contributed by atoms with Gasteiger partial charge in [0.1, 0.15) is 5.75 Å². The lowest BCUT2D eigenvalue weighted by atomic mass is 9.69. The fourth-order valence-electron chi connectivity index (χ4n) is 4.40. The Morgan fingerprint density at radius 2 is 1.79 bits per heavy atom. The van der Waals surface area contributed by atoms with Crippen molar-refractivity contribution in [1.29, 1.82) is 0 Å². The molecule has 2 aliphatic heterocycles. The van der Waals surface area contributed by atoms with Crippen molar-refractivity contribution in [3.8, 4) is 5.75 Å². The van der Waals surface area contributed by atoms with E-state index in [1.54, 1.807) is 7.11 Å². The Balaban J connectivity index is 0.000000383. The maximum absolute atomic E-state index is 12.3. The van der Waals surface area contributed by atoms with Crippen molar-refractivity contribution in [2.24, 2.45) is 11.3 Å². The van der Waals surface area contributed by atoms with Crippen LogP contribution in [0.2, 0.25) is 0 Å². The van der Waals surface area contributed by atoms with Gasteiger partial charge in [-0.3, -0.25) is 9.69 Å². The third-order valence-corrected chi connectivity index (χ3v) is 6.69. The van der Waals surface area contributed by atoms with Gasteiger partial charge in [0.2, 0.25) is 5.91 Å². The number of aliphatic carboxylic acids is 1. The van der Waals surface area contributed by atoms with Gasteiger partial charge in [0.05, 0.1) is 19.8 Å². The van der Waals surface area contributed by atoms with Crippen molar-refractivity contribution in [1.82, 2.24) is 10.2 Å². The zero-order chi connectivity index (χ0) is 24.1. The van der Waals surface area contributed by atoms with Gasteiger partial charge in [-0.1, -0.05) is 12.1 Å². The van der Waals surface area contributed by atoms with Gasteiger partial charge in [0, 0.05) is 19.1 Å². The summed E-state index contributed by atoms with van der Waals surface area (Å²) in [6.07, 6.45) is 0.382. The number of hydrogen-bond acceptors (Lipinski definition) is 5. The highest BCUT2D eigenvalue weighted by Gasteiger charge is 2.45. The van der Waals surface area contributed by atoms with E-state index in [0.717, 1.165) is 64.1 Å². The average molecular weight is 473 g/mol. The number of likely N-dealkylation sites (tertiary alicyclic amines) is 1. The second-order valence-corrected chi connectivity index (χ2v) is 8.95. The number of halogens is 3. The molecule has 3 fully saturated rings. The van der Waals surface area contributed by atoms with Gasteiger partial charge in [-0.15, -0.1) is 0 Å². The van der Waals surface area contributed by atoms with E-state index >= 15 is 0 Å². The Morgan fingerprint density at radius 3 is 2.30 bits per heavy atom. The van der Waals surface area contributed by atoms with E-state index in [9.17, 15) is 18.0 Å². The molecule has 184 valence electrons. The van der Waals surface area contributed by atoms with Crippen LogP contribution in [-0.4, -0.2) is 67.5 Å². The van der Waals surface area contributed by atoms with Crippen molar-refractivity contribution in [3.63, 3.8) is 0 Å². The quantitative estimate of drug-likeness (QED) is 0.684. The molecule has 0 aromatic heterocycles. The van der Waals surface area contributed by atoms with Crippen LogP contribution in [0.4, 0.5) is 13.2 Å². The number of alkyl halides is 3. The lowest BCUT2D eigenvalue weighted by molar-refractivity contribution is -0.192. The lowest BCUT2D eigenvalue weighted by Gasteiger charge is -2.49. The Hall–Kier alpha value is -2.33. The molecule has 1 spiro atoms. The van der Waals surface area contributed by atoms with Crippen molar-refractivity contribution >= 4 is 11.9 Å². The number of methoxy groups -OCH3 is 1. The zero-order valence-corrected chi connectivity index (χ0v) is 18.7. The SMILES string of the molecule is COc1ccc(CN2CCC3(CCOCC3NC(=O)C3CC3)CC2)cc1.O=C(O)C(F)(F)F. The number of amides is 1. The van der Waals surface area contributed by atoms with Gasteiger partial charge in [0.15, 0.2) is 0 Å². The van der Waals surface area contributed by atoms with E-state index in [2.05, 4.69) is 22.3 Å². The number of carbonyl (C=O) groups excluding carboxylic acids is 1. The number of benzene rings is 1. The van der Waals surface area contributed by atoms with Gasteiger partial charge in [-0.2, -0.15) is 13.2 Å². The summed E-state index contributed by atoms with van der Waals surface area (Å²) in [5.41, 5.74) is 1.55. The van der Waals surface area contributed by atoms with Crippen molar-refractivity contribution in [2.75, 3.05) is 33.4 Å². The zero-order valence-electron chi connectivity index (χ0n) is 18.7. The summed E-state index contributed by atoms with van der Waals surface area (Å²) >= 11 is 0. The number of hydrogen-bond donors (Lipinski definition) is 2. The fraction of sp³-hybridized carbons (Fsp3) is 0.652. The number of carboxylic acid groups (broad SMARTS) is 1. The van der Waals surface area contributed by atoms with Crippen LogP contribution < -0.4 is 10.1 Å². The van der Waals surface area contributed by atoms with Crippen LogP contribution >= 0.6 is 0 Å². The molecule has 1 aromatic carbocycles. The van der Waals surface area contributed by atoms with E-state index < -0.39 is 12.1 Å². The topological polar surface area (TPSA) is 88.1 Å². The molecule has 1 saturated carbocycles. The fourth-order valence-corrected chi connectivity index (χ4v) is 4.40. The maximum Gasteiger partial charge on any atom is 0.490 e. The number of rotatable bonds is 5. The smallest absolute Gasteiger partial charge is 0.490 e. The highest BCUT2D eigenvalue weighted by molar-refractivity contribution is 5.81. The molecule has 3 aliphatic rings. The van der Waals surface area contributed by atoms with Crippen LogP contribution in [0.15, 0.2) is 24.3 Å². The average Bonchev–Trinajstić information content (AvgIpc) is 3.63. The summed E-state index contributed by atoms with van der Waals surface area (Å²) in [5, 5.41) is 10.4. The van der Waals surface area contributed by atoms with E-state index in [4.69, 9.17) is 19.4 Å². The Labute approximate surface area is 191 Å². The number of nitrogens with one attached hydrogen (secondary N) is 1. The minimum absolute atomic E-state index is 0.187. The van der Waals surface area contributed by atoms with Crippen LogP contribution in [0.1, 0.15) is 37.7 Å². The highest BCUT2D eigenvalue weighted by Crippen LogP contribution is 2.42. The number of ether oxygens (including phenoxy) is 2. The normalized spacial score (nSPS) is 22.7. The molecule has 1 aliphatic carbocycles. The first-order chi connectivity index (χ1) is 15.6. The monoisotopic (exact) mass is 472 g/mol. The molecule has 0 bridgehead atoms. The van der Waals surface area contributed by atoms with E-state index in [1.165, 1.54) is 5.56 Å².